The van der Waals surface area contributed by atoms with E-state index in [1.807, 2.05) is 32.5 Å². The third kappa shape index (κ3) is 7.21. The predicted octanol–water partition coefficient (Wildman–Crippen LogP) is 4.15. The first kappa shape index (κ1) is 21.0. The van der Waals surface area contributed by atoms with Gasteiger partial charge >= 0.3 is 8.80 Å². The molecule has 0 heterocycles. The van der Waals surface area contributed by atoms with Crippen molar-refractivity contribution in [3.05, 3.63) is 11.8 Å². The topological polar surface area (TPSA) is 36.9 Å². The highest BCUT2D eigenvalue weighted by molar-refractivity contribution is 6.74. The summed E-state index contributed by atoms with van der Waals surface area (Å²) in [4.78, 5) is 0. The van der Waals surface area contributed by atoms with Crippen molar-refractivity contribution in [1.29, 1.82) is 0 Å². The van der Waals surface area contributed by atoms with Gasteiger partial charge in [-0.15, -0.1) is 0 Å². The molecule has 0 amide bonds. The highest BCUT2D eigenvalue weighted by Gasteiger charge is 2.38. The van der Waals surface area contributed by atoms with E-state index in [2.05, 4.69) is 33.9 Å². The second-order valence-electron chi connectivity index (χ2n) is 6.38. The van der Waals surface area contributed by atoms with Gasteiger partial charge in [-0.2, -0.15) is 0 Å². The molecule has 4 nitrogen and oxygen atoms in total. The van der Waals surface area contributed by atoms with E-state index in [1.165, 1.54) is 0 Å². The lowest BCUT2D eigenvalue weighted by atomic mass is 10.2. The Morgan fingerprint density at radius 3 is 1.57 bits per heavy atom. The van der Waals surface area contributed by atoms with Gasteiger partial charge in [-0.3, -0.25) is 0 Å². The Bertz CT molecular complexity index is 294. The minimum absolute atomic E-state index is 0.217. The zero-order valence-electron chi connectivity index (χ0n) is 15.1. The van der Waals surface area contributed by atoms with Gasteiger partial charge in [0.1, 0.15) is 0 Å². The van der Waals surface area contributed by atoms with E-state index in [9.17, 15) is 0 Å². The largest absolute Gasteiger partial charge is 0.529 e. The minimum atomic E-state index is -2.68. The molecule has 126 valence electrons. The molecule has 6 heteroatoms. The fraction of sp³-hybridized carbons (Fsp3) is 0.867. The summed E-state index contributed by atoms with van der Waals surface area (Å²) in [5.41, 5.74) is 1.96. The van der Waals surface area contributed by atoms with Crippen LogP contribution in [-0.2, 0) is 17.7 Å². The molecule has 0 aliphatic heterocycles. The maximum absolute atomic E-state index is 6.13. The van der Waals surface area contributed by atoms with Gasteiger partial charge in [0.25, 0.3) is 0 Å². The fourth-order valence-electron chi connectivity index (χ4n) is 1.54. The van der Waals surface area contributed by atoms with Crippen molar-refractivity contribution >= 4 is 17.1 Å². The Kier molecular flexibility index (Phi) is 9.23. The van der Waals surface area contributed by atoms with Crippen LogP contribution in [0.5, 0.6) is 0 Å². The zero-order chi connectivity index (χ0) is 16.6. The van der Waals surface area contributed by atoms with Crippen LogP contribution in [0.25, 0.3) is 0 Å². The van der Waals surface area contributed by atoms with E-state index in [1.54, 1.807) is 0 Å². The van der Waals surface area contributed by atoms with Crippen LogP contribution < -0.4 is 0 Å². The van der Waals surface area contributed by atoms with Crippen LogP contribution in [-0.4, -0.2) is 43.5 Å². The molecule has 0 bridgehead atoms. The van der Waals surface area contributed by atoms with Gasteiger partial charge in [-0.25, -0.2) is 0 Å². The van der Waals surface area contributed by atoms with E-state index in [0.29, 0.717) is 26.4 Å². The van der Waals surface area contributed by atoms with Crippen LogP contribution >= 0.6 is 0 Å². The average Bonchev–Trinajstić information content (AvgIpc) is 2.34. The quantitative estimate of drug-likeness (QED) is 0.562. The molecule has 0 atom stereocenters. The van der Waals surface area contributed by atoms with Crippen molar-refractivity contribution in [2.75, 3.05) is 26.4 Å². The Morgan fingerprint density at radius 1 is 0.810 bits per heavy atom. The molecule has 0 radical (unpaired) electrons. The van der Waals surface area contributed by atoms with Gasteiger partial charge in [0, 0.05) is 19.8 Å². The molecule has 0 N–H and O–H groups in total. The normalized spacial score (nSPS) is 14.1. The fourth-order valence-corrected chi connectivity index (χ4v) is 4.61. The van der Waals surface area contributed by atoms with Crippen molar-refractivity contribution in [2.24, 2.45) is 0 Å². The molecule has 0 saturated carbocycles. The zero-order valence-corrected chi connectivity index (χ0v) is 17.1. The van der Waals surface area contributed by atoms with E-state index in [0.717, 1.165) is 0 Å². The molecule has 0 aliphatic rings. The van der Waals surface area contributed by atoms with Crippen molar-refractivity contribution < 1.29 is 17.7 Å². The molecule has 0 aromatic heterocycles. The predicted molar refractivity (Wildman–Crippen MR) is 92.9 cm³/mol. The van der Waals surface area contributed by atoms with Gasteiger partial charge in [-0.05, 0) is 44.6 Å². The van der Waals surface area contributed by atoms with E-state index in [-0.39, 0.29) is 5.04 Å². The molecular weight excluding hydrogens is 300 g/mol. The van der Waals surface area contributed by atoms with Crippen LogP contribution in [0.1, 0.15) is 41.5 Å². The van der Waals surface area contributed by atoms with Crippen LogP contribution in [0.3, 0.4) is 0 Å². The minimum Gasteiger partial charge on any atom is -0.413 e. The Morgan fingerprint density at radius 2 is 1.24 bits per heavy atom. The molecule has 0 aromatic rings. The standard InChI is InChI=1S/C15H34O4Si2/c1-9-16-21(17-10-2,18-11-3)14-12-13-19-20(7,8)15(4,5)6/h12,14H,9-11,13H2,1-8H3/b14-12+. The van der Waals surface area contributed by atoms with Gasteiger partial charge in [0.15, 0.2) is 8.32 Å². The summed E-state index contributed by atoms with van der Waals surface area (Å²) in [7, 11) is -4.40. The first-order chi connectivity index (χ1) is 9.64. The molecule has 0 rings (SSSR count). The summed E-state index contributed by atoms with van der Waals surface area (Å²) in [5, 5.41) is 0.217. The Hall–Kier alpha value is 0.0138. The van der Waals surface area contributed by atoms with Crippen LogP contribution in [0.2, 0.25) is 18.1 Å². The molecule has 0 aliphatic carbocycles. The SMILES string of the molecule is CCO[Si](/C=C/CO[Si](C)(C)C(C)(C)C)(OCC)OCC. The molecule has 0 aromatic carbocycles. The van der Waals surface area contributed by atoms with Crippen molar-refractivity contribution in [3.63, 3.8) is 0 Å². The number of hydrogen-bond donors (Lipinski definition) is 0. The van der Waals surface area contributed by atoms with Crippen molar-refractivity contribution in [3.8, 4) is 0 Å². The van der Waals surface area contributed by atoms with Crippen LogP contribution in [0, 0.1) is 0 Å². The molecule has 21 heavy (non-hydrogen) atoms. The summed E-state index contributed by atoms with van der Waals surface area (Å²) in [6.45, 7) is 19.4. The van der Waals surface area contributed by atoms with E-state index < -0.39 is 17.1 Å². The summed E-state index contributed by atoms with van der Waals surface area (Å²) in [6.07, 6.45) is 1.99. The second kappa shape index (κ2) is 9.22. The Balaban J connectivity index is 4.71. The van der Waals surface area contributed by atoms with Crippen LogP contribution in [0.4, 0.5) is 0 Å². The first-order valence-electron chi connectivity index (χ1n) is 7.87. The maximum atomic E-state index is 6.13. The molecule has 0 spiro atoms. The molecule has 0 fully saturated rings. The van der Waals surface area contributed by atoms with Crippen molar-refractivity contribution in [2.45, 2.75) is 59.7 Å². The summed E-state index contributed by atoms with van der Waals surface area (Å²) in [6, 6.07) is 0. The van der Waals surface area contributed by atoms with Crippen LogP contribution in [0.15, 0.2) is 11.8 Å². The lowest BCUT2D eigenvalue weighted by molar-refractivity contribution is 0.0841. The van der Waals surface area contributed by atoms with E-state index in [4.69, 9.17) is 17.7 Å². The number of rotatable bonds is 10. The molecule has 0 saturated heterocycles. The lowest BCUT2D eigenvalue weighted by Gasteiger charge is -2.35. The van der Waals surface area contributed by atoms with Gasteiger partial charge in [0.05, 0.1) is 6.61 Å². The highest BCUT2D eigenvalue weighted by Crippen LogP contribution is 2.36. The molecule has 0 unspecified atom stereocenters. The average molecular weight is 335 g/mol. The third-order valence-corrected chi connectivity index (χ3v) is 10.9. The first-order valence-corrected chi connectivity index (χ1v) is 12.6. The lowest BCUT2D eigenvalue weighted by Crippen LogP contribution is -2.45. The molecular formula is C15H34O4Si2. The Labute approximate surface area is 133 Å². The number of hydrogen-bond acceptors (Lipinski definition) is 4. The van der Waals surface area contributed by atoms with E-state index >= 15 is 0 Å². The second-order valence-corrected chi connectivity index (χ2v) is 13.6. The van der Waals surface area contributed by atoms with Gasteiger partial charge < -0.3 is 17.7 Å². The monoisotopic (exact) mass is 334 g/mol. The summed E-state index contributed by atoms with van der Waals surface area (Å²) < 4.78 is 23.5. The maximum Gasteiger partial charge on any atom is 0.529 e. The van der Waals surface area contributed by atoms with Gasteiger partial charge in [-0.1, -0.05) is 26.8 Å². The van der Waals surface area contributed by atoms with Crippen molar-refractivity contribution in [1.82, 2.24) is 0 Å². The highest BCUT2D eigenvalue weighted by atomic mass is 28.4. The van der Waals surface area contributed by atoms with Gasteiger partial charge in [0.2, 0.25) is 0 Å². The smallest absolute Gasteiger partial charge is 0.413 e. The summed E-state index contributed by atoms with van der Waals surface area (Å²) in [5.74, 6) is 0. The third-order valence-electron chi connectivity index (χ3n) is 3.71. The summed E-state index contributed by atoms with van der Waals surface area (Å²) >= 11 is 0.